The molecule has 2 N–H and O–H groups in total. The Morgan fingerprint density at radius 1 is 1.15 bits per heavy atom. The Morgan fingerprint density at radius 3 is 2.67 bits per heavy atom. The van der Waals surface area contributed by atoms with Gasteiger partial charge >= 0.3 is 6.18 Å². The van der Waals surface area contributed by atoms with E-state index in [1.165, 1.54) is 17.3 Å². The lowest BCUT2D eigenvalue weighted by atomic mass is 9.88. The molecule has 6 rings (SSSR count). The van der Waals surface area contributed by atoms with Crippen LogP contribution in [-0.4, -0.2) is 52.2 Å². The van der Waals surface area contributed by atoms with Crippen LogP contribution < -0.4 is 10.6 Å². The minimum absolute atomic E-state index is 0.0869. The quantitative estimate of drug-likeness (QED) is 0.342. The first-order valence-corrected chi connectivity index (χ1v) is 15.2. The van der Waals surface area contributed by atoms with Crippen LogP contribution in [0.4, 0.5) is 24.8 Å². The van der Waals surface area contributed by atoms with Crippen molar-refractivity contribution in [2.45, 2.75) is 62.1 Å². The summed E-state index contributed by atoms with van der Waals surface area (Å²) < 4.78 is 42.2. The molecule has 0 spiro atoms. The molecule has 2 aromatic heterocycles. The molecule has 2 aliphatic heterocycles. The lowest BCUT2D eigenvalue weighted by Gasteiger charge is -2.24. The smallest absolute Gasteiger partial charge is 0.334 e. The normalized spacial score (nSPS) is 18.7. The van der Waals surface area contributed by atoms with Crippen molar-refractivity contribution in [2.24, 2.45) is 0 Å². The third-order valence-electron chi connectivity index (χ3n) is 7.63. The van der Waals surface area contributed by atoms with Crippen molar-refractivity contribution in [1.29, 1.82) is 0 Å². The van der Waals surface area contributed by atoms with Gasteiger partial charge in [0, 0.05) is 35.1 Å². The van der Waals surface area contributed by atoms with Gasteiger partial charge in [-0.1, -0.05) is 19.1 Å². The molecular weight excluding hydrogens is 543 g/mol. The second kappa shape index (κ2) is 10.7. The van der Waals surface area contributed by atoms with Crippen LogP contribution in [0.15, 0.2) is 35.4 Å². The molecule has 3 aromatic rings. The maximum absolute atomic E-state index is 14.1. The number of carbonyl (C=O) groups is 1. The van der Waals surface area contributed by atoms with Crippen LogP contribution in [0.5, 0.6) is 0 Å². The summed E-state index contributed by atoms with van der Waals surface area (Å²) in [5.41, 5.74) is 2.04. The summed E-state index contributed by atoms with van der Waals surface area (Å²) in [6.07, 6.45) is 1.14. The van der Waals surface area contributed by atoms with E-state index >= 15 is 0 Å². The third-order valence-corrected chi connectivity index (χ3v) is 9.90. The zero-order valence-corrected chi connectivity index (χ0v) is 23.2. The van der Waals surface area contributed by atoms with E-state index in [1.807, 2.05) is 11.0 Å². The number of thiophene rings is 1. The first-order chi connectivity index (χ1) is 18.8. The van der Waals surface area contributed by atoms with Gasteiger partial charge < -0.3 is 15.5 Å². The number of anilines is 2. The largest absolute Gasteiger partial charge is 0.420 e. The van der Waals surface area contributed by atoms with Crippen molar-refractivity contribution in [2.75, 3.05) is 30.7 Å². The molecule has 1 aliphatic carbocycles. The first kappa shape index (κ1) is 26.6. The number of aromatic nitrogens is 2. The zero-order valence-electron chi connectivity index (χ0n) is 21.6. The number of carbonyl (C=O) groups excluding carboxylic acids is 1. The Kier molecular flexibility index (Phi) is 7.32. The summed E-state index contributed by atoms with van der Waals surface area (Å²) in [6.45, 7) is 4.73. The number of halogens is 3. The van der Waals surface area contributed by atoms with Gasteiger partial charge in [-0.25, -0.2) is 9.97 Å². The van der Waals surface area contributed by atoms with Crippen LogP contribution in [0.2, 0.25) is 0 Å². The Hall–Kier alpha value is -2.63. The molecule has 206 valence electrons. The number of amides is 1. The van der Waals surface area contributed by atoms with Gasteiger partial charge in [0.25, 0.3) is 5.91 Å². The van der Waals surface area contributed by atoms with Crippen LogP contribution in [0, 0.1) is 0 Å². The third kappa shape index (κ3) is 5.53. The molecule has 11 heteroatoms. The maximum Gasteiger partial charge on any atom is 0.420 e. The molecule has 6 nitrogen and oxygen atoms in total. The van der Waals surface area contributed by atoms with E-state index in [0.717, 1.165) is 84.6 Å². The number of piperidine rings is 1. The van der Waals surface area contributed by atoms with Gasteiger partial charge in [-0.2, -0.15) is 13.2 Å². The Bertz CT molecular complexity index is 1380. The first-order valence-electron chi connectivity index (χ1n) is 13.4. The van der Waals surface area contributed by atoms with E-state index in [1.54, 1.807) is 6.07 Å². The number of hydrogen-bond donors (Lipinski definition) is 2. The molecule has 39 heavy (non-hydrogen) atoms. The van der Waals surface area contributed by atoms with Crippen LogP contribution in [0.1, 0.15) is 64.9 Å². The molecule has 1 amide bonds. The molecule has 2 fully saturated rings. The van der Waals surface area contributed by atoms with E-state index in [-0.39, 0.29) is 23.6 Å². The lowest BCUT2D eigenvalue weighted by Crippen LogP contribution is -2.33. The molecule has 1 aromatic carbocycles. The highest BCUT2D eigenvalue weighted by molar-refractivity contribution is 7.99. The highest BCUT2D eigenvalue weighted by Crippen LogP contribution is 2.44. The van der Waals surface area contributed by atoms with Crippen LogP contribution >= 0.6 is 23.1 Å². The molecule has 1 saturated heterocycles. The minimum Gasteiger partial charge on any atom is -0.334 e. The summed E-state index contributed by atoms with van der Waals surface area (Å²) in [5, 5.41) is 6.57. The molecule has 4 heterocycles. The number of aryl methyl sites for hydroxylation is 1. The molecule has 1 saturated carbocycles. The predicted molar refractivity (Wildman–Crippen MR) is 149 cm³/mol. The number of hydrogen-bond acceptors (Lipinski definition) is 7. The van der Waals surface area contributed by atoms with Crippen molar-refractivity contribution in [3.63, 3.8) is 0 Å². The molecule has 0 bridgehead atoms. The molecule has 0 atom stereocenters. The van der Waals surface area contributed by atoms with Crippen molar-refractivity contribution < 1.29 is 18.0 Å². The molecular formula is C28H30F3N5OS2. The molecule has 0 unspecified atom stereocenters. The van der Waals surface area contributed by atoms with Crippen molar-refractivity contribution in [3.05, 3.63) is 52.0 Å². The van der Waals surface area contributed by atoms with Gasteiger partial charge in [0.15, 0.2) is 0 Å². The number of alkyl halides is 3. The maximum atomic E-state index is 14.1. The average Bonchev–Trinajstić information content (AvgIpc) is 3.71. The Morgan fingerprint density at radius 2 is 1.95 bits per heavy atom. The van der Waals surface area contributed by atoms with Gasteiger partial charge in [-0.3, -0.25) is 4.79 Å². The number of thioether (sulfide) groups is 1. The Labute approximate surface area is 233 Å². The minimum atomic E-state index is -4.63. The van der Waals surface area contributed by atoms with Gasteiger partial charge in [0.1, 0.15) is 10.4 Å². The van der Waals surface area contributed by atoms with Gasteiger partial charge in [0.2, 0.25) is 5.95 Å². The SMILES string of the molecule is CCc1cc(C2CCNCC2)ccc1Nc1ncc(C(F)(F)F)c(-c2cc3c(s2)C(=O)N(C2CC2)CCS3)n1. The van der Waals surface area contributed by atoms with E-state index in [9.17, 15) is 18.0 Å². The Balaban J connectivity index is 1.33. The van der Waals surface area contributed by atoms with E-state index < -0.39 is 11.7 Å². The van der Waals surface area contributed by atoms with E-state index in [0.29, 0.717) is 22.2 Å². The number of benzene rings is 1. The lowest BCUT2D eigenvalue weighted by molar-refractivity contribution is -0.137. The number of nitrogens with zero attached hydrogens (tertiary/aromatic N) is 3. The fourth-order valence-corrected chi connectivity index (χ4v) is 7.68. The van der Waals surface area contributed by atoms with Crippen molar-refractivity contribution >= 4 is 40.6 Å². The zero-order chi connectivity index (χ0) is 27.1. The van der Waals surface area contributed by atoms with E-state index in [4.69, 9.17) is 0 Å². The average molecular weight is 574 g/mol. The molecule has 0 radical (unpaired) electrons. The highest BCUT2D eigenvalue weighted by atomic mass is 32.2. The van der Waals surface area contributed by atoms with Crippen LogP contribution in [0.3, 0.4) is 0 Å². The van der Waals surface area contributed by atoms with Gasteiger partial charge in [-0.05, 0) is 74.4 Å². The predicted octanol–water partition coefficient (Wildman–Crippen LogP) is 6.71. The number of fused-ring (bicyclic) bond motifs is 1. The second-order valence-corrected chi connectivity index (χ2v) is 12.4. The molecule has 3 aliphatic rings. The van der Waals surface area contributed by atoms with E-state index in [2.05, 4.69) is 39.7 Å². The standard InChI is InChI=1S/C28H30F3N5OS2/c1-2-16-13-18(17-7-9-32-10-8-17)3-6-21(16)34-27-33-15-20(28(29,30)31)24(35-27)22-14-23-25(39-22)26(37)36(11-12-38-23)19-4-5-19/h3,6,13-15,17,19,32H,2,4-5,7-12H2,1H3,(H,33,34,35). The van der Waals surface area contributed by atoms with Crippen LogP contribution in [0.25, 0.3) is 10.6 Å². The van der Waals surface area contributed by atoms with Crippen molar-refractivity contribution in [1.82, 2.24) is 20.2 Å². The van der Waals surface area contributed by atoms with Gasteiger partial charge in [0.05, 0.1) is 10.6 Å². The van der Waals surface area contributed by atoms with Crippen molar-refractivity contribution in [3.8, 4) is 10.6 Å². The summed E-state index contributed by atoms with van der Waals surface area (Å²) in [7, 11) is 0. The summed E-state index contributed by atoms with van der Waals surface area (Å²) in [5.74, 6) is 1.24. The van der Waals surface area contributed by atoms with Gasteiger partial charge in [-0.15, -0.1) is 23.1 Å². The highest BCUT2D eigenvalue weighted by Gasteiger charge is 2.39. The fourth-order valence-electron chi connectivity index (χ4n) is 5.36. The monoisotopic (exact) mass is 573 g/mol. The van der Waals surface area contributed by atoms with Crippen LogP contribution in [-0.2, 0) is 12.6 Å². The summed E-state index contributed by atoms with van der Waals surface area (Å²) in [4.78, 5) is 25.1. The fraction of sp³-hybridized carbons (Fsp3) is 0.464. The topological polar surface area (TPSA) is 70.2 Å². The second-order valence-electron chi connectivity index (χ2n) is 10.3. The number of rotatable bonds is 6. The number of nitrogens with one attached hydrogen (secondary N) is 2. The summed E-state index contributed by atoms with van der Waals surface area (Å²) in [6, 6.07) is 8.20. The summed E-state index contributed by atoms with van der Waals surface area (Å²) >= 11 is 2.61.